The Balaban J connectivity index is 0.000000260. The molecule has 0 unspecified atom stereocenters. The van der Waals surface area contributed by atoms with Crippen LogP contribution in [0.25, 0.3) is 0 Å². The molecule has 4 heteroatoms. The predicted molar refractivity (Wildman–Crippen MR) is 103 cm³/mol. The van der Waals surface area contributed by atoms with Gasteiger partial charge in [-0.1, -0.05) is 72.8 Å². The molecule has 0 radical (unpaired) electrons. The molecule has 2 aromatic carbocycles. The van der Waals surface area contributed by atoms with E-state index in [1.165, 1.54) is 23.3 Å². The van der Waals surface area contributed by atoms with E-state index in [1.807, 2.05) is 60.7 Å². The van der Waals surface area contributed by atoms with Gasteiger partial charge in [0.15, 0.2) is 0 Å². The van der Waals surface area contributed by atoms with Gasteiger partial charge in [-0.2, -0.15) is 0 Å². The Morgan fingerprint density at radius 1 is 0.654 bits per heavy atom. The number of benzene rings is 2. The summed E-state index contributed by atoms with van der Waals surface area (Å²) in [7, 11) is 0. The van der Waals surface area contributed by atoms with Crippen molar-refractivity contribution in [2.45, 2.75) is 25.7 Å². The van der Waals surface area contributed by atoms with Crippen LogP contribution in [0.4, 0.5) is 0 Å². The summed E-state index contributed by atoms with van der Waals surface area (Å²) in [5.74, 6) is -1.76. The van der Waals surface area contributed by atoms with Crippen LogP contribution < -0.4 is 0 Å². The fourth-order valence-corrected chi connectivity index (χ4v) is 2.16. The Bertz CT molecular complexity index is 640. The van der Waals surface area contributed by atoms with Gasteiger partial charge in [0.2, 0.25) is 0 Å². The van der Waals surface area contributed by atoms with Gasteiger partial charge in [-0.25, -0.2) is 9.59 Å². The van der Waals surface area contributed by atoms with E-state index in [-0.39, 0.29) is 0 Å². The molecule has 4 nitrogen and oxygen atoms in total. The van der Waals surface area contributed by atoms with Crippen molar-refractivity contribution < 1.29 is 19.8 Å². The lowest BCUT2D eigenvalue weighted by Gasteiger charge is -1.95. The molecule has 0 saturated heterocycles. The second-order valence-corrected chi connectivity index (χ2v) is 5.53. The Hall–Kier alpha value is -3.14. The molecular weight excluding hydrogens is 328 g/mol. The first-order valence-electron chi connectivity index (χ1n) is 8.44. The molecule has 0 bridgehead atoms. The van der Waals surface area contributed by atoms with Gasteiger partial charge in [0.25, 0.3) is 0 Å². The van der Waals surface area contributed by atoms with E-state index in [2.05, 4.69) is 0 Å². The summed E-state index contributed by atoms with van der Waals surface area (Å²) in [5, 5.41) is 16.6. The molecule has 0 aliphatic heterocycles. The number of allylic oxidation sites excluding steroid dienone is 2. The van der Waals surface area contributed by atoms with Crippen LogP contribution in [0.5, 0.6) is 0 Å². The van der Waals surface area contributed by atoms with Crippen LogP contribution in [0.1, 0.15) is 24.0 Å². The number of aliphatic carboxylic acids is 2. The monoisotopic (exact) mass is 352 g/mol. The number of carboxylic acids is 2. The highest BCUT2D eigenvalue weighted by molar-refractivity contribution is 5.79. The number of aryl methyl sites for hydroxylation is 2. The second-order valence-electron chi connectivity index (χ2n) is 5.53. The molecule has 2 aromatic rings. The number of rotatable bonds is 8. The van der Waals surface area contributed by atoms with Crippen molar-refractivity contribution in [2.24, 2.45) is 0 Å². The van der Waals surface area contributed by atoms with Crippen molar-refractivity contribution in [1.29, 1.82) is 0 Å². The van der Waals surface area contributed by atoms with Gasteiger partial charge in [0.1, 0.15) is 0 Å². The average Bonchev–Trinajstić information content (AvgIpc) is 2.64. The summed E-state index contributed by atoms with van der Waals surface area (Å²) >= 11 is 0. The molecule has 0 fully saturated rings. The van der Waals surface area contributed by atoms with Crippen LogP contribution in [0.2, 0.25) is 0 Å². The molecule has 0 aliphatic carbocycles. The van der Waals surface area contributed by atoms with Crippen LogP contribution in [-0.2, 0) is 22.4 Å². The van der Waals surface area contributed by atoms with Crippen LogP contribution in [0.15, 0.2) is 85.0 Å². The molecular formula is C22H24O4. The highest BCUT2D eigenvalue weighted by Crippen LogP contribution is 2.03. The minimum absolute atomic E-state index is 0.774. The number of carbonyl (C=O) groups is 2. The zero-order valence-electron chi connectivity index (χ0n) is 14.6. The van der Waals surface area contributed by atoms with Gasteiger partial charge in [-0.3, -0.25) is 0 Å². The molecule has 0 atom stereocenters. The number of hydrogen-bond donors (Lipinski definition) is 2. The normalized spacial score (nSPS) is 10.5. The van der Waals surface area contributed by atoms with Gasteiger partial charge < -0.3 is 10.2 Å². The molecule has 0 spiro atoms. The smallest absolute Gasteiger partial charge is 0.327 e. The maximum absolute atomic E-state index is 10.1. The third kappa shape index (κ3) is 11.4. The maximum atomic E-state index is 10.1. The highest BCUT2D eigenvalue weighted by atomic mass is 16.4. The highest BCUT2D eigenvalue weighted by Gasteiger charge is 1.90. The Morgan fingerprint density at radius 3 is 1.31 bits per heavy atom. The zero-order chi connectivity index (χ0) is 19.0. The van der Waals surface area contributed by atoms with Crippen molar-refractivity contribution in [1.82, 2.24) is 0 Å². The summed E-state index contributed by atoms with van der Waals surface area (Å²) in [6, 6.07) is 20.0. The third-order valence-electron chi connectivity index (χ3n) is 3.41. The lowest BCUT2D eigenvalue weighted by atomic mass is 10.1. The molecule has 0 aliphatic rings. The fraction of sp³-hybridized carbons (Fsp3) is 0.182. The molecule has 0 aromatic heterocycles. The molecule has 0 amide bonds. The summed E-state index contributed by atoms with van der Waals surface area (Å²) in [4.78, 5) is 20.2. The summed E-state index contributed by atoms with van der Waals surface area (Å²) in [6.45, 7) is 0. The molecule has 136 valence electrons. The largest absolute Gasteiger partial charge is 0.478 e. The quantitative estimate of drug-likeness (QED) is 0.685. The molecule has 2 rings (SSSR count). The summed E-state index contributed by atoms with van der Waals surface area (Å²) < 4.78 is 0. The Labute approximate surface area is 154 Å². The summed E-state index contributed by atoms with van der Waals surface area (Å²) in [5.41, 5.74) is 2.47. The molecule has 0 heterocycles. The van der Waals surface area contributed by atoms with E-state index in [1.54, 1.807) is 12.2 Å². The number of hydrogen-bond acceptors (Lipinski definition) is 2. The van der Waals surface area contributed by atoms with Crippen molar-refractivity contribution in [3.8, 4) is 0 Å². The van der Waals surface area contributed by atoms with Crippen LogP contribution in [0, 0.1) is 0 Å². The van der Waals surface area contributed by atoms with Crippen molar-refractivity contribution in [3.63, 3.8) is 0 Å². The van der Waals surface area contributed by atoms with E-state index in [0.29, 0.717) is 0 Å². The van der Waals surface area contributed by atoms with Gasteiger partial charge >= 0.3 is 11.9 Å². The fourth-order valence-electron chi connectivity index (χ4n) is 2.16. The Morgan fingerprint density at radius 2 is 1.00 bits per heavy atom. The minimum atomic E-state index is -0.881. The van der Waals surface area contributed by atoms with Crippen LogP contribution >= 0.6 is 0 Å². The predicted octanol–water partition coefficient (Wildman–Crippen LogP) is 4.52. The second kappa shape index (κ2) is 13.2. The maximum Gasteiger partial charge on any atom is 0.327 e. The average molecular weight is 352 g/mol. The SMILES string of the molecule is O=C(O)C=CCCc1ccccc1.O=C(O)C=CCCc1ccccc1. The Kier molecular flexibility index (Phi) is 10.6. The van der Waals surface area contributed by atoms with Gasteiger partial charge in [0.05, 0.1) is 0 Å². The third-order valence-corrected chi connectivity index (χ3v) is 3.41. The van der Waals surface area contributed by atoms with Crippen molar-refractivity contribution >= 4 is 11.9 Å². The van der Waals surface area contributed by atoms with Crippen molar-refractivity contribution in [2.75, 3.05) is 0 Å². The van der Waals surface area contributed by atoms with Crippen molar-refractivity contribution in [3.05, 3.63) is 96.1 Å². The number of carboxylic acid groups (broad SMARTS) is 2. The topological polar surface area (TPSA) is 74.6 Å². The van der Waals surface area contributed by atoms with Gasteiger partial charge in [0, 0.05) is 12.2 Å². The molecule has 26 heavy (non-hydrogen) atoms. The van der Waals surface area contributed by atoms with E-state index in [9.17, 15) is 9.59 Å². The van der Waals surface area contributed by atoms with E-state index in [0.717, 1.165) is 25.7 Å². The van der Waals surface area contributed by atoms with Crippen LogP contribution in [0.3, 0.4) is 0 Å². The summed E-state index contributed by atoms with van der Waals surface area (Å²) in [6.07, 6.45) is 9.05. The molecule has 2 N–H and O–H groups in total. The first-order chi connectivity index (χ1) is 12.6. The van der Waals surface area contributed by atoms with E-state index in [4.69, 9.17) is 10.2 Å². The lowest BCUT2D eigenvalue weighted by Crippen LogP contribution is -1.87. The van der Waals surface area contributed by atoms with Gasteiger partial charge in [-0.15, -0.1) is 0 Å². The minimum Gasteiger partial charge on any atom is -0.478 e. The van der Waals surface area contributed by atoms with E-state index < -0.39 is 11.9 Å². The first kappa shape index (κ1) is 20.9. The molecule has 0 saturated carbocycles. The van der Waals surface area contributed by atoms with Crippen LogP contribution in [-0.4, -0.2) is 22.2 Å². The van der Waals surface area contributed by atoms with E-state index >= 15 is 0 Å². The van der Waals surface area contributed by atoms with Gasteiger partial charge in [-0.05, 0) is 36.8 Å². The first-order valence-corrected chi connectivity index (χ1v) is 8.44. The lowest BCUT2D eigenvalue weighted by molar-refractivity contribution is -0.132. The zero-order valence-corrected chi connectivity index (χ0v) is 14.6. The standard InChI is InChI=1S/2C11H12O2/c2*12-11(13)9-5-4-8-10-6-2-1-3-7-10/h2*1-3,5-7,9H,4,8H2,(H,12,13).